The summed E-state index contributed by atoms with van der Waals surface area (Å²) in [6.45, 7) is 8.83. The van der Waals surface area contributed by atoms with Gasteiger partial charge >= 0.3 is 11.9 Å². The average Bonchev–Trinajstić information content (AvgIpc) is 2.46. The number of allylic oxidation sites excluding steroid dienone is 1. The Kier molecular flexibility index (Phi) is 6.10. The van der Waals surface area contributed by atoms with Gasteiger partial charge in [0, 0.05) is 6.42 Å². The molecular formula is C18H25NO4. The minimum Gasteiger partial charge on any atom is -0.467 e. The second-order valence-electron chi connectivity index (χ2n) is 6.45. The molecule has 0 aromatic heterocycles. The van der Waals surface area contributed by atoms with Gasteiger partial charge in [-0.25, -0.2) is 9.59 Å². The van der Waals surface area contributed by atoms with Crippen LogP contribution in [0, 0.1) is 0 Å². The van der Waals surface area contributed by atoms with Gasteiger partial charge in [0.1, 0.15) is 5.60 Å². The van der Waals surface area contributed by atoms with Crippen LogP contribution in [0.2, 0.25) is 0 Å². The number of hydrogen-bond donors (Lipinski definition) is 1. The van der Waals surface area contributed by atoms with Crippen molar-refractivity contribution in [2.24, 2.45) is 5.73 Å². The van der Waals surface area contributed by atoms with Gasteiger partial charge in [0.15, 0.2) is 0 Å². The molecule has 0 amide bonds. The fraction of sp³-hybridized carbons (Fsp3) is 0.444. The van der Waals surface area contributed by atoms with Crippen molar-refractivity contribution < 1.29 is 19.1 Å². The molecule has 0 aliphatic heterocycles. The van der Waals surface area contributed by atoms with E-state index in [0.717, 1.165) is 17.5 Å². The average molecular weight is 319 g/mol. The van der Waals surface area contributed by atoms with Gasteiger partial charge in [-0.2, -0.15) is 0 Å². The Morgan fingerprint density at radius 2 is 1.65 bits per heavy atom. The number of hydrogen-bond acceptors (Lipinski definition) is 5. The van der Waals surface area contributed by atoms with E-state index in [-0.39, 0.29) is 6.42 Å². The first-order chi connectivity index (χ1) is 10.6. The summed E-state index contributed by atoms with van der Waals surface area (Å²) in [5.74, 6) is -1.62. The molecule has 0 radical (unpaired) electrons. The monoisotopic (exact) mass is 319 g/mol. The van der Waals surface area contributed by atoms with Crippen molar-refractivity contribution in [2.45, 2.75) is 44.8 Å². The summed E-state index contributed by atoms with van der Waals surface area (Å²) in [6, 6.07) is 7.47. The lowest BCUT2D eigenvalue weighted by atomic mass is 9.91. The highest BCUT2D eigenvalue weighted by atomic mass is 16.6. The lowest BCUT2D eigenvalue weighted by Gasteiger charge is -2.29. The molecule has 1 aromatic carbocycles. The number of ether oxygens (including phenoxy) is 2. The van der Waals surface area contributed by atoms with Gasteiger partial charge in [-0.1, -0.05) is 30.3 Å². The van der Waals surface area contributed by atoms with E-state index in [2.05, 4.69) is 6.58 Å². The van der Waals surface area contributed by atoms with Crippen LogP contribution >= 0.6 is 0 Å². The molecule has 0 heterocycles. The number of methoxy groups -OCH3 is 1. The first-order valence-corrected chi connectivity index (χ1v) is 7.42. The lowest BCUT2D eigenvalue weighted by molar-refractivity contribution is -0.170. The molecule has 5 heteroatoms. The summed E-state index contributed by atoms with van der Waals surface area (Å²) in [4.78, 5) is 24.5. The zero-order valence-electron chi connectivity index (χ0n) is 14.2. The predicted octanol–water partition coefficient (Wildman–Crippen LogP) is 2.17. The highest BCUT2D eigenvalue weighted by Crippen LogP contribution is 2.19. The largest absolute Gasteiger partial charge is 0.467 e. The maximum atomic E-state index is 12.4. The second kappa shape index (κ2) is 7.42. The number of carbonyl (C=O) groups excluding carboxylic acids is 2. The van der Waals surface area contributed by atoms with E-state index in [9.17, 15) is 9.59 Å². The lowest BCUT2D eigenvalue weighted by Crippen LogP contribution is -2.59. The van der Waals surface area contributed by atoms with Crippen LogP contribution in [0.1, 0.15) is 31.9 Å². The van der Waals surface area contributed by atoms with E-state index in [0.29, 0.717) is 0 Å². The molecule has 0 saturated heterocycles. The van der Waals surface area contributed by atoms with Crippen LogP contribution in [0.5, 0.6) is 0 Å². The Morgan fingerprint density at radius 1 is 1.13 bits per heavy atom. The van der Waals surface area contributed by atoms with Crippen molar-refractivity contribution in [3.63, 3.8) is 0 Å². The first kappa shape index (κ1) is 18.9. The molecule has 1 atom stereocenters. The zero-order valence-corrected chi connectivity index (χ0v) is 14.2. The minimum atomic E-state index is -1.87. The van der Waals surface area contributed by atoms with Gasteiger partial charge in [0.25, 0.3) is 0 Å². The van der Waals surface area contributed by atoms with Crippen molar-refractivity contribution in [1.29, 1.82) is 0 Å². The quantitative estimate of drug-likeness (QED) is 0.494. The molecule has 126 valence electrons. The Labute approximate surface area is 137 Å². The second-order valence-corrected chi connectivity index (χ2v) is 6.45. The van der Waals surface area contributed by atoms with Crippen molar-refractivity contribution in [2.75, 3.05) is 7.11 Å². The Hall–Kier alpha value is -2.14. The summed E-state index contributed by atoms with van der Waals surface area (Å²) in [6.07, 6.45) is 2.55. The normalized spacial score (nSPS) is 13.8. The highest BCUT2D eigenvalue weighted by molar-refractivity contribution is 6.05. The SMILES string of the molecule is C=CCc1ccc(C[C@@](N)(C(=O)OC)C(=O)OC(C)(C)C)cc1. The standard InChI is InChI=1S/C18H25NO4/c1-6-7-13-8-10-14(11-9-13)12-18(19,15(20)22-5)16(21)23-17(2,3)4/h6,8-11H,1,7,12,19H2,2-5H3/t18-/m1/s1. The maximum absolute atomic E-state index is 12.4. The molecule has 0 saturated carbocycles. The number of carbonyl (C=O) groups is 2. The Balaban J connectivity index is 3.04. The molecule has 0 unspecified atom stereocenters. The molecule has 0 bridgehead atoms. The molecule has 5 nitrogen and oxygen atoms in total. The van der Waals surface area contributed by atoms with Gasteiger partial charge in [0.2, 0.25) is 5.54 Å². The molecule has 0 aliphatic carbocycles. The summed E-state index contributed by atoms with van der Waals surface area (Å²) < 4.78 is 9.99. The van der Waals surface area contributed by atoms with Crippen LogP contribution in [0.15, 0.2) is 36.9 Å². The fourth-order valence-corrected chi connectivity index (χ4v) is 2.06. The van der Waals surface area contributed by atoms with Crippen LogP contribution in [0.4, 0.5) is 0 Å². The van der Waals surface area contributed by atoms with E-state index in [1.54, 1.807) is 26.8 Å². The Morgan fingerprint density at radius 3 is 2.09 bits per heavy atom. The number of nitrogens with two attached hydrogens (primary N) is 1. The van der Waals surface area contributed by atoms with Gasteiger partial charge in [0.05, 0.1) is 7.11 Å². The molecule has 23 heavy (non-hydrogen) atoms. The van der Waals surface area contributed by atoms with Gasteiger partial charge in [-0.3, -0.25) is 0 Å². The van der Waals surface area contributed by atoms with E-state index in [1.165, 1.54) is 7.11 Å². The van der Waals surface area contributed by atoms with Gasteiger partial charge in [-0.05, 0) is 38.3 Å². The smallest absolute Gasteiger partial charge is 0.338 e. The van der Waals surface area contributed by atoms with Crippen molar-refractivity contribution in [3.05, 3.63) is 48.0 Å². The summed E-state index contributed by atoms with van der Waals surface area (Å²) in [5, 5.41) is 0. The van der Waals surface area contributed by atoms with Crippen molar-refractivity contribution in [3.8, 4) is 0 Å². The van der Waals surface area contributed by atoms with Gasteiger partial charge < -0.3 is 15.2 Å². The van der Waals surface area contributed by atoms with E-state index < -0.39 is 23.1 Å². The van der Waals surface area contributed by atoms with E-state index in [4.69, 9.17) is 15.2 Å². The zero-order chi connectivity index (χ0) is 17.7. The van der Waals surface area contributed by atoms with Crippen LogP contribution in [0.3, 0.4) is 0 Å². The van der Waals surface area contributed by atoms with Crippen LogP contribution in [0.25, 0.3) is 0 Å². The third kappa shape index (κ3) is 5.21. The molecule has 1 aromatic rings. The minimum absolute atomic E-state index is 0.00293. The van der Waals surface area contributed by atoms with Crippen molar-refractivity contribution in [1.82, 2.24) is 0 Å². The van der Waals surface area contributed by atoms with Crippen molar-refractivity contribution >= 4 is 11.9 Å². The molecule has 0 fully saturated rings. The fourth-order valence-electron chi connectivity index (χ4n) is 2.06. The number of benzene rings is 1. The maximum Gasteiger partial charge on any atom is 0.338 e. The van der Waals surface area contributed by atoms with Crippen LogP contribution < -0.4 is 5.73 Å². The summed E-state index contributed by atoms with van der Waals surface area (Å²) >= 11 is 0. The summed E-state index contributed by atoms with van der Waals surface area (Å²) in [7, 11) is 1.20. The summed E-state index contributed by atoms with van der Waals surface area (Å²) in [5.41, 5.74) is 5.28. The molecular weight excluding hydrogens is 294 g/mol. The highest BCUT2D eigenvalue weighted by Gasteiger charge is 2.46. The predicted molar refractivity (Wildman–Crippen MR) is 88.8 cm³/mol. The third-order valence-electron chi connectivity index (χ3n) is 3.20. The number of esters is 2. The topological polar surface area (TPSA) is 78.6 Å². The molecule has 0 spiro atoms. The first-order valence-electron chi connectivity index (χ1n) is 7.42. The van der Waals surface area contributed by atoms with Gasteiger partial charge in [-0.15, -0.1) is 6.58 Å². The Bertz CT molecular complexity index is 572. The third-order valence-corrected chi connectivity index (χ3v) is 3.20. The number of rotatable bonds is 6. The van der Waals surface area contributed by atoms with Crippen LogP contribution in [-0.4, -0.2) is 30.2 Å². The molecule has 1 rings (SSSR count). The van der Waals surface area contributed by atoms with E-state index in [1.807, 2.05) is 24.3 Å². The van der Waals surface area contributed by atoms with E-state index >= 15 is 0 Å². The molecule has 2 N–H and O–H groups in total. The molecule has 0 aliphatic rings. The van der Waals surface area contributed by atoms with Crippen LogP contribution in [-0.2, 0) is 31.9 Å².